The summed E-state index contributed by atoms with van der Waals surface area (Å²) in [7, 11) is 2.14. The number of piperazine rings is 1. The molecule has 0 unspecified atom stereocenters. The molecule has 3 heterocycles. The molecule has 0 amide bonds. The van der Waals surface area contributed by atoms with Crippen LogP contribution in [0.4, 0.5) is 5.95 Å². The standard InChI is InChI=1S/C14H18ClN5S/c1-19-5-7-20(8-6-19)18-14-16-12(15)11-9-3-2-4-10(9)21-13(11)17-14/h2-8H2,1H3,(H,16,17,18). The minimum absolute atomic E-state index is 0.594. The molecule has 0 atom stereocenters. The van der Waals surface area contributed by atoms with Gasteiger partial charge in [-0.25, -0.2) is 9.99 Å². The number of hydrazine groups is 1. The summed E-state index contributed by atoms with van der Waals surface area (Å²) in [6.07, 6.45) is 3.51. The van der Waals surface area contributed by atoms with E-state index >= 15 is 0 Å². The third kappa shape index (κ3) is 2.50. The number of hydrogen-bond acceptors (Lipinski definition) is 6. The fourth-order valence-electron chi connectivity index (χ4n) is 3.06. The number of aromatic nitrogens is 2. The van der Waals surface area contributed by atoms with Crippen LogP contribution in [0.3, 0.4) is 0 Å². The molecule has 7 heteroatoms. The average molecular weight is 324 g/mol. The van der Waals surface area contributed by atoms with E-state index in [-0.39, 0.29) is 0 Å². The molecule has 1 N–H and O–H groups in total. The summed E-state index contributed by atoms with van der Waals surface area (Å²) in [6.45, 7) is 4.04. The summed E-state index contributed by atoms with van der Waals surface area (Å²) in [6, 6.07) is 0. The van der Waals surface area contributed by atoms with Crippen LogP contribution in [-0.2, 0) is 12.8 Å². The van der Waals surface area contributed by atoms with Crippen LogP contribution in [0.15, 0.2) is 0 Å². The quantitative estimate of drug-likeness (QED) is 0.860. The minimum atomic E-state index is 0.594. The molecular formula is C14H18ClN5S. The van der Waals surface area contributed by atoms with E-state index in [4.69, 9.17) is 11.6 Å². The van der Waals surface area contributed by atoms with Crippen molar-refractivity contribution in [2.45, 2.75) is 19.3 Å². The number of likely N-dealkylation sites (N-methyl/N-ethyl adjacent to an activating group) is 1. The van der Waals surface area contributed by atoms with Gasteiger partial charge in [-0.05, 0) is 31.9 Å². The highest BCUT2D eigenvalue weighted by Gasteiger charge is 2.22. The van der Waals surface area contributed by atoms with Gasteiger partial charge in [0.25, 0.3) is 0 Å². The predicted molar refractivity (Wildman–Crippen MR) is 87.1 cm³/mol. The smallest absolute Gasteiger partial charge is 0.240 e. The van der Waals surface area contributed by atoms with E-state index in [0.29, 0.717) is 11.1 Å². The van der Waals surface area contributed by atoms with E-state index in [9.17, 15) is 0 Å². The maximum atomic E-state index is 6.42. The third-order valence-electron chi connectivity index (χ3n) is 4.28. The van der Waals surface area contributed by atoms with Crippen LogP contribution < -0.4 is 5.43 Å². The fourth-order valence-corrected chi connectivity index (χ4v) is 4.66. The van der Waals surface area contributed by atoms with E-state index in [1.165, 1.54) is 16.9 Å². The van der Waals surface area contributed by atoms with Crippen LogP contribution >= 0.6 is 22.9 Å². The number of aryl methyl sites for hydroxylation is 2. The van der Waals surface area contributed by atoms with Crippen LogP contribution in [0.25, 0.3) is 10.2 Å². The lowest BCUT2D eigenvalue weighted by atomic mass is 10.2. The van der Waals surface area contributed by atoms with Gasteiger partial charge in [-0.15, -0.1) is 11.3 Å². The van der Waals surface area contributed by atoms with Crippen molar-refractivity contribution >= 4 is 39.1 Å². The Morgan fingerprint density at radius 1 is 1.14 bits per heavy atom. The summed E-state index contributed by atoms with van der Waals surface area (Å²) >= 11 is 8.19. The van der Waals surface area contributed by atoms with Crippen LogP contribution in [0, 0.1) is 0 Å². The van der Waals surface area contributed by atoms with Gasteiger partial charge in [0.1, 0.15) is 9.98 Å². The molecule has 1 aliphatic carbocycles. The molecule has 1 aliphatic heterocycles. The highest BCUT2D eigenvalue weighted by atomic mass is 35.5. The average Bonchev–Trinajstić information content (AvgIpc) is 3.01. The van der Waals surface area contributed by atoms with Crippen LogP contribution in [-0.4, -0.2) is 53.1 Å². The van der Waals surface area contributed by atoms with Crippen LogP contribution in [0.5, 0.6) is 0 Å². The number of thiophene rings is 1. The molecule has 5 nitrogen and oxygen atoms in total. The Bertz CT molecular complexity index is 678. The molecule has 0 spiro atoms. The molecule has 2 aliphatic rings. The first kappa shape index (κ1) is 13.7. The van der Waals surface area contributed by atoms with Gasteiger partial charge in [0, 0.05) is 31.1 Å². The van der Waals surface area contributed by atoms with Gasteiger partial charge in [0.2, 0.25) is 5.95 Å². The topological polar surface area (TPSA) is 44.3 Å². The molecular weight excluding hydrogens is 306 g/mol. The molecule has 112 valence electrons. The fraction of sp³-hybridized carbons (Fsp3) is 0.571. The first-order chi connectivity index (χ1) is 10.2. The molecule has 0 aromatic carbocycles. The van der Waals surface area contributed by atoms with Gasteiger partial charge in [0.05, 0.1) is 5.39 Å². The van der Waals surface area contributed by atoms with E-state index in [0.717, 1.165) is 49.2 Å². The zero-order valence-electron chi connectivity index (χ0n) is 12.0. The second kappa shape index (κ2) is 5.35. The second-order valence-corrected chi connectivity index (χ2v) is 7.22. The molecule has 0 radical (unpaired) electrons. The number of halogens is 1. The highest BCUT2D eigenvalue weighted by molar-refractivity contribution is 7.19. The van der Waals surface area contributed by atoms with Crippen molar-refractivity contribution in [2.75, 3.05) is 38.7 Å². The predicted octanol–water partition coefficient (Wildman–Crippen LogP) is 2.41. The Morgan fingerprint density at radius 2 is 1.95 bits per heavy atom. The molecule has 21 heavy (non-hydrogen) atoms. The minimum Gasteiger partial charge on any atom is -0.304 e. The summed E-state index contributed by atoms with van der Waals surface area (Å²) in [5, 5.41) is 3.84. The Labute approximate surface area is 132 Å². The van der Waals surface area contributed by atoms with Crippen molar-refractivity contribution in [3.05, 3.63) is 15.6 Å². The van der Waals surface area contributed by atoms with Crippen molar-refractivity contribution in [1.29, 1.82) is 0 Å². The SMILES string of the molecule is CN1CCN(Nc2nc(Cl)c3c4c(sc3n2)CCC4)CC1. The van der Waals surface area contributed by atoms with Gasteiger partial charge in [-0.2, -0.15) is 4.98 Å². The summed E-state index contributed by atoms with van der Waals surface area (Å²) < 4.78 is 0. The monoisotopic (exact) mass is 323 g/mol. The molecule has 0 bridgehead atoms. The Morgan fingerprint density at radius 3 is 2.76 bits per heavy atom. The Kier molecular flexibility index (Phi) is 3.49. The van der Waals surface area contributed by atoms with Gasteiger partial charge in [0.15, 0.2) is 0 Å². The molecule has 4 rings (SSSR count). The number of nitrogens with one attached hydrogen (secondary N) is 1. The van der Waals surface area contributed by atoms with Crippen molar-refractivity contribution in [3.63, 3.8) is 0 Å². The maximum Gasteiger partial charge on any atom is 0.240 e. The van der Waals surface area contributed by atoms with E-state index < -0.39 is 0 Å². The van der Waals surface area contributed by atoms with E-state index in [2.05, 4.69) is 32.4 Å². The zero-order chi connectivity index (χ0) is 14.4. The normalized spacial score (nSPS) is 20.1. The van der Waals surface area contributed by atoms with Crippen molar-refractivity contribution < 1.29 is 0 Å². The molecule has 2 aromatic rings. The first-order valence-electron chi connectivity index (χ1n) is 7.38. The zero-order valence-corrected chi connectivity index (χ0v) is 13.6. The summed E-state index contributed by atoms with van der Waals surface area (Å²) in [5.74, 6) is 0.622. The number of rotatable bonds is 2. The largest absolute Gasteiger partial charge is 0.304 e. The highest BCUT2D eigenvalue weighted by Crippen LogP contribution is 2.39. The molecule has 1 fully saturated rings. The van der Waals surface area contributed by atoms with Crippen molar-refractivity contribution in [1.82, 2.24) is 19.9 Å². The lowest BCUT2D eigenvalue weighted by molar-refractivity contribution is 0.178. The number of hydrogen-bond donors (Lipinski definition) is 1. The van der Waals surface area contributed by atoms with Gasteiger partial charge >= 0.3 is 0 Å². The Hall–Kier alpha value is -0.950. The van der Waals surface area contributed by atoms with Crippen molar-refractivity contribution in [3.8, 4) is 0 Å². The van der Waals surface area contributed by atoms with E-state index in [1.54, 1.807) is 11.3 Å². The van der Waals surface area contributed by atoms with E-state index in [1.807, 2.05) is 0 Å². The van der Waals surface area contributed by atoms with Crippen molar-refractivity contribution in [2.24, 2.45) is 0 Å². The maximum absolute atomic E-state index is 6.42. The lowest BCUT2D eigenvalue weighted by Gasteiger charge is -2.32. The Balaban J connectivity index is 1.62. The number of anilines is 1. The van der Waals surface area contributed by atoms with Crippen LogP contribution in [0.2, 0.25) is 5.15 Å². The molecule has 0 saturated carbocycles. The van der Waals surface area contributed by atoms with Gasteiger partial charge in [-0.1, -0.05) is 11.6 Å². The molecule has 1 saturated heterocycles. The number of fused-ring (bicyclic) bond motifs is 3. The van der Waals surface area contributed by atoms with Gasteiger partial charge in [-0.3, -0.25) is 5.43 Å². The summed E-state index contributed by atoms with van der Waals surface area (Å²) in [4.78, 5) is 13.9. The van der Waals surface area contributed by atoms with Crippen LogP contribution in [0.1, 0.15) is 16.9 Å². The molecule has 2 aromatic heterocycles. The summed E-state index contributed by atoms with van der Waals surface area (Å²) in [5.41, 5.74) is 4.69. The second-order valence-electron chi connectivity index (χ2n) is 5.78. The lowest BCUT2D eigenvalue weighted by Crippen LogP contribution is -2.47. The third-order valence-corrected chi connectivity index (χ3v) is 5.74. The van der Waals surface area contributed by atoms with Gasteiger partial charge < -0.3 is 4.90 Å². The number of nitrogens with zero attached hydrogens (tertiary/aromatic N) is 4. The first-order valence-corrected chi connectivity index (χ1v) is 8.58.